The first kappa shape index (κ1) is 17.3. The van der Waals surface area contributed by atoms with Crippen LogP contribution in [0.25, 0.3) is 11.3 Å². The SMILES string of the molecule is O=[N+]([O-])c1cccc(-c2ccc(C=NNC(=S)Nc3ccccc3)o2)c1. The molecule has 2 aromatic carbocycles. The number of nitro groups is 1. The second-order valence-corrected chi connectivity index (χ2v) is 5.61. The van der Waals surface area contributed by atoms with Gasteiger partial charge in [-0.1, -0.05) is 30.3 Å². The molecule has 3 aromatic rings. The van der Waals surface area contributed by atoms with Crippen LogP contribution in [0.1, 0.15) is 5.76 Å². The zero-order valence-corrected chi connectivity index (χ0v) is 14.3. The van der Waals surface area contributed by atoms with Crippen molar-refractivity contribution in [2.24, 2.45) is 5.10 Å². The fourth-order valence-electron chi connectivity index (χ4n) is 2.19. The van der Waals surface area contributed by atoms with Gasteiger partial charge in [0, 0.05) is 23.4 Å². The van der Waals surface area contributed by atoms with Gasteiger partial charge in [-0.2, -0.15) is 5.10 Å². The van der Waals surface area contributed by atoms with Gasteiger partial charge in [-0.25, -0.2) is 0 Å². The lowest BCUT2D eigenvalue weighted by Gasteiger charge is -2.05. The molecule has 7 nitrogen and oxygen atoms in total. The van der Waals surface area contributed by atoms with Crippen molar-refractivity contribution in [3.05, 3.63) is 82.6 Å². The minimum absolute atomic E-state index is 0.00752. The normalized spacial score (nSPS) is 10.6. The number of furan rings is 1. The summed E-state index contributed by atoms with van der Waals surface area (Å²) in [6.45, 7) is 0. The summed E-state index contributed by atoms with van der Waals surface area (Å²) in [5.41, 5.74) is 4.17. The predicted molar refractivity (Wildman–Crippen MR) is 104 cm³/mol. The standard InChI is InChI=1S/C18H14N4O3S/c23-22(24)15-8-4-5-13(11-15)17-10-9-16(25-17)12-19-21-18(26)20-14-6-2-1-3-7-14/h1-12H,(H2,20,21,26). The number of hydrazone groups is 1. The van der Waals surface area contributed by atoms with Crippen LogP contribution in [0.2, 0.25) is 0 Å². The number of anilines is 1. The average Bonchev–Trinajstić information content (AvgIpc) is 3.11. The van der Waals surface area contributed by atoms with Gasteiger partial charge in [-0.3, -0.25) is 15.5 Å². The molecule has 0 radical (unpaired) electrons. The molecule has 1 aromatic heterocycles. The van der Waals surface area contributed by atoms with Crippen LogP contribution in [0.3, 0.4) is 0 Å². The molecule has 0 aliphatic heterocycles. The maximum atomic E-state index is 10.9. The van der Waals surface area contributed by atoms with E-state index in [-0.39, 0.29) is 5.69 Å². The number of para-hydroxylation sites is 1. The molecule has 2 N–H and O–H groups in total. The number of thiocarbonyl (C=S) groups is 1. The Labute approximate surface area is 154 Å². The van der Waals surface area contributed by atoms with Gasteiger partial charge >= 0.3 is 0 Å². The van der Waals surface area contributed by atoms with Crippen molar-refractivity contribution in [3.63, 3.8) is 0 Å². The van der Waals surface area contributed by atoms with Crippen LogP contribution in [0.15, 0.2) is 76.2 Å². The summed E-state index contributed by atoms with van der Waals surface area (Å²) in [6.07, 6.45) is 1.47. The smallest absolute Gasteiger partial charge is 0.270 e. The van der Waals surface area contributed by atoms with Crippen LogP contribution in [0.4, 0.5) is 11.4 Å². The molecule has 0 saturated carbocycles. The Morgan fingerprint density at radius 3 is 2.69 bits per heavy atom. The first-order valence-electron chi connectivity index (χ1n) is 7.61. The number of benzene rings is 2. The van der Waals surface area contributed by atoms with Crippen molar-refractivity contribution < 1.29 is 9.34 Å². The molecule has 1 heterocycles. The fourth-order valence-corrected chi connectivity index (χ4v) is 2.36. The number of rotatable bonds is 5. The summed E-state index contributed by atoms with van der Waals surface area (Å²) in [5, 5.41) is 18.2. The number of nitrogens with one attached hydrogen (secondary N) is 2. The Morgan fingerprint density at radius 2 is 1.92 bits per heavy atom. The minimum atomic E-state index is -0.445. The third-order valence-corrected chi connectivity index (χ3v) is 3.55. The highest BCUT2D eigenvalue weighted by Gasteiger charge is 2.09. The van der Waals surface area contributed by atoms with Gasteiger partial charge in [0.15, 0.2) is 5.11 Å². The van der Waals surface area contributed by atoms with E-state index in [1.807, 2.05) is 30.3 Å². The second kappa shape index (κ2) is 8.04. The quantitative estimate of drug-likeness (QED) is 0.305. The van der Waals surface area contributed by atoms with Crippen LogP contribution in [0, 0.1) is 10.1 Å². The maximum absolute atomic E-state index is 10.9. The van der Waals surface area contributed by atoms with E-state index < -0.39 is 4.92 Å². The molecule has 3 rings (SSSR count). The monoisotopic (exact) mass is 366 g/mol. The largest absolute Gasteiger partial charge is 0.455 e. The van der Waals surface area contributed by atoms with E-state index in [0.717, 1.165) is 5.69 Å². The lowest BCUT2D eigenvalue weighted by Crippen LogP contribution is -2.23. The summed E-state index contributed by atoms with van der Waals surface area (Å²) in [6, 6.07) is 19.1. The number of nitro benzene ring substituents is 1. The van der Waals surface area contributed by atoms with Crippen molar-refractivity contribution in [2.75, 3.05) is 5.32 Å². The van der Waals surface area contributed by atoms with Gasteiger partial charge in [0.1, 0.15) is 11.5 Å². The summed E-state index contributed by atoms with van der Waals surface area (Å²) < 4.78 is 5.63. The van der Waals surface area contributed by atoms with Crippen molar-refractivity contribution in [1.29, 1.82) is 0 Å². The molecule has 0 fully saturated rings. The molecule has 0 aliphatic carbocycles. The van der Waals surface area contributed by atoms with E-state index >= 15 is 0 Å². The Morgan fingerprint density at radius 1 is 1.12 bits per heavy atom. The van der Waals surface area contributed by atoms with Gasteiger partial charge in [0.2, 0.25) is 0 Å². The van der Waals surface area contributed by atoms with Crippen molar-refractivity contribution in [2.45, 2.75) is 0 Å². The molecule has 0 aliphatic rings. The Bertz CT molecular complexity index is 954. The molecule has 130 valence electrons. The molecule has 0 atom stereocenters. The van der Waals surface area contributed by atoms with Gasteiger partial charge in [-0.15, -0.1) is 0 Å². The van der Waals surface area contributed by atoms with Crippen molar-refractivity contribution >= 4 is 34.9 Å². The highest BCUT2D eigenvalue weighted by molar-refractivity contribution is 7.80. The molecule has 0 amide bonds. The lowest BCUT2D eigenvalue weighted by atomic mass is 10.1. The maximum Gasteiger partial charge on any atom is 0.270 e. The van der Waals surface area contributed by atoms with Crippen LogP contribution >= 0.6 is 12.2 Å². The number of nitrogens with zero attached hydrogens (tertiary/aromatic N) is 2. The summed E-state index contributed by atoms with van der Waals surface area (Å²) in [7, 11) is 0. The van der Waals surface area contributed by atoms with Crippen LogP contribution in [-0.2, 0) is 0 Å². The van der Waals surface area contributed by atoms with Crippen molar-refractivity contribution in [3.8, 4) is 11.3 Å². The molecule has 0 unspecified atom stereocenters. The average molecular weight is 366 g/mol. The summed E-state index contributed by atoms with van der Waals surface area (Å²) in [5.74, 6) is 1.00. The third kappa shape index (κ3) is 4.52. The van der Waals surface area contributed by atoms with Gasteiger partial charge in [0.05, 0.1) is 11.1 Å². The fraction of sp³-hybridized carbons (Fsp3) is 0. The zero-order valence-electron chi connectivity index (χ0n) is 13.5. The van der Waals surface area contributed by atoms with E-state index in [0.29, 0.717) is 22.2 Å². The number of non-ortho nitro benzene ring substituents is 1. The molecule has 8 heteroatoms. The third-order valence-electron chi connectivity index (χ3n) is 3.36. The topological polar surface area (TPSA) is 92.7 Å². The molecular formula is C18H14N4O3S. The first-order chi connectivity index (χ1) is 12.6. The Kier molecular flexibility index (Phi) is 5.35. The van der Waals surface area contributed by atoms with E-state index in [2.05, 4.69) is 15.8 Å². The van der Waals surface area contributed by atoms with Gasteiger partial charge < -0.3 is 9.73 Å². The van der Waals surface area contributed by atoms with Crippen molar-refractivity contribution in [1.82, 2.24) is 5.43 Å². The van der Waals surface area contributed by atoms with Crippen LogP contribution < -0.4 is 10.7 Å². The second-order valence-electron chi connectivity index (χ2n) is 5.20. The number of hydrogen-bond donors (Lipinski definition) is 2. The minimum Gasteiger partial charge on any atom is -0.455 e. The zero-order chi connectivity index (χ0) is 18.4. The first-order valence-corrected chi connectivity index (χ1v) is 8.02. The highest BCUT2D eigenvalue weighted by atomic mass is 32.1. The lowest BCUT2D eigenvalue weighted by molar-refractivity contribution is -0.384. The van der Waals surface area contributed by atoms with Crippen LogP contribution in [0.5, 0.6) is 0 Å². The number of hydrogen-bond acceptors (Lipinski definition) is 5. The molecule has 26 heavy (non-hydrogen) atoms. The Balaban J connectivity index is 1.61. The summed E-state index contributed by atoms with van der Waals surface area (Å²) in [4.78, 5) is 10.4. The Hall–Kier alpha value is -3.52. The van der Waals surface area contributed by atoms with Crippen LogP contribution in [-0.4, -0.2) is 16.3 Å². The van der Waals surface area contributed by atoms with E-state index in [4.69, 9.17) is 16.6 Å². The van der Waals surface area contributed by atoms with E-state index in [9.17, 15) is 10.1 Å². The predicted octanol–water partition coefficient (Wildman–Crippen LogP) is 4.18. The molecule has 0 saturated heterocycles. The highest BCUT2D eigenvalue weighted by Crippen LogP contribution is 2.25. The summed E-state index contributed by atoms with van der Waals surface area (Å²) >= 11 is 5.14. The van der Waals surface area contributed by atoms with E-state index in [1.54, 1.807) is 24.3 Å². The van der Waals surface area contributed by atoms with Gasteiger partial charge in [-0.05, 0) is 36.5 Å². The van der Waals surface area contributed by atoms with Gasteiger partial charge in [0.25, 0.3) is 5.69 Å². The molecular weight excluding hydrogens is 352 g/mol. The molecule has 0 spiro atoms. The molecule has 0 bridgehead atoms. The van der Waals surface area contributed by atoms with E-state index in [1.165, 1.54) is 18.3 Å².